The van der Waals surface area contributed by atoms with Crippen LogP contribution in [0, 0.1) is 0 Å². The van der Waals surface area contributed by atoms with Crippen LogP contribution in [0.3, 0.4) is 0 Å². The van der Waals surface area contributed by atoms with E-state index in [1.807, 2.05) is 36.4 Å². The SMILES string of the molecule is c1cc(-c2nc(-c3cccc(-n4c5ccccc5c5cc(-c6ccc7oc8ccccc8c7c6)ccc54)c3)nc(-c3ccc4ccc(-n5c6ccccc6c6cc(-c7ccc8oc9ccccc9c8c7)ccc65)cc4c3)n2)cc(-n2c3ccccc3c3cc(-c4ccc5oc6ccccc6c5c4)ccc32)c1. The fourth-order valence-corrected chi connectivity index (χ4v) is 16.9. The van der Waals surface area contributed by atoms with Crippen LogP contribution in [0.1, 0.15) is 0 Å². The molecule has 7 heterocycles. The first-order valence-corrected chi connectivity index (χ1v) is 35.8. The number of hydrogen-bond donors (Lipinski definition) is 0. The van der Waals surface area contributed by atoms with Gasteiger partial charge in [-0.3, -0.25) is 0 Å². The smallest absolute Gasteiger partial charge is 0.164 e. The molecule has 23 rings (SSSR count). The second kappa shape index (κ2) is 22.5. The first-order chi connectivity index (χ1) is 52.5. The lowest BCUT2D eigenvalue weighted by atomic mass is 10.0. The Kier molecular flexibility index (Phi) is 12.4. The van der Waals surface area contributed by atoms with Gasteiger partial charge < -0.3 is 27.0 Å². The number of nitrogens with zero attached hydrogens (tertiary/aromatic N) is 6. The Hall–Kier alpha value is -14.4. The van der Waals surface area contributed by atoms with Gasteiger partial charge in [0.2, 0.25) is 0 Å². The summed E-state index contributed by atoms with van der Waals surface area (Å²) in [7, 11) is 0. The highest BCUT2D eigenvalue weighted by atomic mass is 16.3. The summed E-state index contributed by atoms with van der Waals surface area (Å²) >= 11 is 0. The van der Waals surface area contributed by atoms with Crippen molar-refractivity contribution in [2.24, 2.45) is 0 Å². The van der Waals surface area contributed by atoms with Gasteiger partial charge in [-0.15, -0.1) is 0 Å². The highest BCUT2D eigenvalue weighted by Gasteiger charge is 2.22. The van der Waals surface area contributed by atoms with Crippen LogP contribution in [0.4, 0.5) is 0 Å². The average molecular weight is 1350 g/mol. The van der Waals surface area contributed by atoms with Crippen LogP contribution >= 0.6 is 0 Å². The van der Waals surface area contributed by atoms with E-state index >= 15 is 0 Å². The van der Waals surface area contributed by atoms with Crippen molar-refractivity contribution in [3.05, 3.63) is 340 Å². The average Bonchev–Trinajstić information content (AvgIpc) is 1.83. The fourth-order valence-electron chi connectivity index (χ4n) is 16.9. The summed E-state index contributed by atoms with van der Waals surface area (Å²) in [5, 5.41) is 15.8. The molecule has 0 aliphatic rings. The second-order valence-corrected chi connectivity index (χ2v) is 27.8. The van der Waals surface area contributed by atoms with E-state index in [0.717, 1.165) is 198 Å². The van der Waals surface area contributed by atoms with Crippen LogP contribution in [0.5, 0.6) is 0 Å². The zero-order chi connectivity index (χ0) is 69.2. The van der Waals surface area contributed by atoms with Crippen molar-refractivity contribution in [3.63, 3.8) is 0 Å². The van der Waals surface area contributed by atoms with E-state index < -0.39 is 0 Å². The molecule has 0 N–H and O–H groups in total. The number of hydrogen-bond acceptors (Lipinski definition) is 6. The summed E-state index contributed by atoms with van der Waals surface area (Å²) in [5.74, 6) is 1.67. The van der Waals surface area contributed by atoms with E-state index in [2.05, 4.69) is 317 Å². The molecule has 0 aliphatic carbocycles. The molecule has 0 unspecified atom stereocenters. The van der Waals surface area contributed by atoms with E-state index in [4.69, 9.17) is 28.2 Å². The summed E-state index contributed by atoms with van der Waals surface area (Å²) < 4.78 is 25.9. The van der Waals surface area contributed by atoms with Crippen molar-refractivity contribution in [2.45, 2.75) is 0 Å². The lowest BCUT2D eigenvalue weighted by Crippen LogP contribution is -2.02. The van der Waals surface area contributed by atoms with Gasteiger partial charge in [-0.25, -0.2) is 15.0 Å². The minimum atomic E-state index is 0.556. The lowest BCUT2D eigenvalue weighted by molar-refractivity contribution is 0.668. The Morgan fingerprint density at radius 2 is 0.462 bits per heavy atom. The summed E-state index contributed by atoms with van der Waals surface area (Å²) in [5.41, 5.74) is 24.4. The van der Waals surface area contributed by atoms with Gasteiger partial charge in [0.25, 0.3) is 0 Å². The highest BCUT2D eigenvalue weighted by molar-refractivity contribution is 6.15. The van der Waals surface area contributed by atoms with E-state index in [0.29, 0.717) is 17.5 Å². The molecule has 0 amide bonds. The summed E-state index contributed by atoms with van der Waals surface area (Å²) in [4.78, 5) is 16.5. The van der Waals surface area contributed by atoms with Gasteiger partial charge in [-0.1, -0.05) is 188 Å². The number of furan rings is 3. The van der Waals surface area contributed by atoms with Crippen molar-refractivity contribution in [3.8, 4) is 84.6 Å². The standard InChI is InChI=1S/C97H56N6O3/c1-7-25-83-71(19-1)77-51-58(61-37-44-92-80(54-61)74-22-4-10-28-89(74)104-92)34-41-86(77)101(83)68-17-13-15-64(48-68)95-98-96(65-16-14-18-69(49-65)102-84-26-8-2-20-72(84)78-52-59(35-42-87(78)102)62-38-45-93-81(55-62)75-23-5-11-29-90(75)105-93)100-97(99-95)66-32-31-57-33-40-70(50-67(57)47-66)103-85-27-9-3-21-73(85)79-53-60(36-43-88(79)103)63-39-46-94-82(56-63)76-24-6-12-30-91(76)106-94/h1-56H. The predicted molar refractivity (Wildman–Crippen MR) is 435 cm³/mol. The molecule has 0 saturated heterocycles. The second-order valence-electron chi connectivity index (χ2n) is 27.8. The van der Waals surface area contributed by atoms with Gasteiger partial charge in [-0.2, -0.15) is 0 Å². The van der Waals surface area contributed by atoms with E-state index in [1.165, 1.54) is 10.8 Å². The molecule has 492 valence electrons. The van der Waals surface area contributed by atoms with Crippen LogP contribution < -0.4 is 0 Å². The molecule has 7 aromatic heterocycles. The molecule has 9 heteroatoms. The molecular weight excluding hydrogens is 1300 g/mol. The first kappa shape index (κ1) is 58.3. The molecule has 0 spiro atoms. The van der Waals surface area contributed by atoms with Crippen LogP contribution in [-0.2, 0) is 0 Å². The molecule has 9 nitrogen and oxygen atoms in total. The number of para-hydroxylation sites is 6. The van der Waals surface area contributed by atoms with Crippen molar-refractivity contribution in [1.82, 2.24) is 28.7 Å². The molecule has 0 fully saturated rings. The molecule has 16 aromatic carbocycles. The van der Waals surface area contributed by atoms with Gasteiger partial charge >= 0.3 is 0 Å². The van der Waals surface area contributed by atoms with E-state index in [-0.39, 0.29) is 0 Å². The monoisotopic (exact) mass is 1350 g/mol. The minimum absolute atomic E-state index is 0.556. The van der Waals surface area contributed by atoms with Crippen molar-refractivity contribution < 1.29 is 13.3 Å². The lowest BCUT2D eigenvalue weighted by Gasteiger charge is -2.13. The molecule has 23 aromatic rings. The van der Waals surface area contributed by atoms with E-state index in [1.54, 1.807) is 0 Å². The Morgan fingerprint density at radius 1 is 0.170 bits per heavy atom. The summed E-state index contributed by atoms with van der Waals surface area (Å²) in [6.45, 7) is 0. The first-order valence-electron chi connectivity index (χ1n) is 35.8. The minimum Gasteiger partial charge on any atom is -0.456 e. The summed E-state index contributed by atoms with van der Waals surface area (Å²) in [6.07, 6.45) is 0. The quantitative estimate of drug-likeness (QED) is 0.143. The summed E-state index contributed by atoms with van der Waals surface area (Å²) in [6, 6.07) is 122. The van der Waals surface area contributed by atoms with Gasteiger partial charge in [0.15, 0.2) is 17.5 Å². The van der Waals surface area contributed by atoms with Crippen LogP contribution in [0.15, 0.2) is 353 Å². The molecule has 0 aliphatic heterocycles. The molecule has 106 heavy (non-hydrogen) atoms. The van der Waals surface area contributed by atoms with Gasteiger partial charge in [0.05, 0.1) is 33.1 Å². The third kappa shape index (κ3) is 8.99. The Labute approximate surface area is 604 Å². The van der Waals surface area contributed by atoms with Crippen molar-refractivity contribution in [1.29, 1.82) is 0 Å². The topological polar surface area (TPSA) is 92.9 Å². The molecule has 0 atom stereocenters. The highest BCUT2D eigenvalue weighted by Crippen LogP contribution is 2.44. The Morgan fingerprint density at radius 3 is 0.858 bits per heavy atom. The maximum absolute atomic E-state index is 6.25. The number of rotatable bonds is 9. The fraction of sp³-hybridized carbons (Fsp3) is 0. The van der Waals surface area contributed by atoms with Crippen LogP contribution in [0.2, 0.25) is 0 Å². The van der Waals surface area contributed by atoms with Crippen molar-refractivity contribution in [2.75, 3.05) is 0 Å². The molecular formula is C97H56N6O3. The van der Waals surface area contributed by atoms with Gasteiger partial charge in [0.1, 0.15) is 33.5 Å². The normalized spacial score (nSPS) is 12.2. The van der Waals surface area contributed by atoms with Gasteiger partial charge in [0, 0.05) is 98.4 Å². The van der Waals surface area contributed by atoms with Gasteiger partial charge in [-0.05, 0) is 196 Å². The molecule has 0 radical (unpaired) electrons. The third-order valence-electron chi connectivity index (χ3n) is 21.8. The van der Waals surface area contributed by atoms with Crippen LogP contribution in [-0.4, -0.2) is 28.7 Å². The number of benzene rings is 16. The third-order valence-corrected chi connectivity index (χ3v) is 21.8. The maximum Gasteiger partial charge on any atom is 0.164 e. The molecule has 0 saturated carbocycles. The zero-order valence-electron chi connectivity index (χ0n) is 56.7. The Bertz CT molecular complexity index is 7390. The van der Waals surface area contributed by atoms with Crippen molar-refractivity contribution >= 4 is 142 Å². The number of fused-ring (bicyclic) bond motifs is 19. The predicted octanol–water partition coefficient (Wildman–Crippen LogP) is 26.0. The maximum atomic E-state index is 6.25. The molecule has 0 bridgehead atoms. The van der Waals surface area contributed by atoms with Crippen LogP contribution in [0.25, 0.3) is 227 Å². The Balaban J connectivity index is 0.662. The number of aromatic nitrogens is 6. The zero-order valence-corrected chi connectivity index (χ0v) is 56.7. The largest absolute Gasteiger partial charge is 0.456 e. The van der Waals surface area contributed by atoms with E-state index in [9.17, 15) is 0 Å².